The molecule has 7 nitrogen and oxygen atoms in total. The predicted octanol–water partition coefficient (Wildman–Crippen LogP) is 2.04. The van der Waals surface area contributed by atoms with Crippen LogP contribution in [0.3, 0.4) is 0 Å². The number of hydrogen-bond acceptors (Lipinski definition) is 4. The molecule has 2 fully saturated rings. The molecule has 2 aliphatic heterocycles. The maximum Gasteiger partial charge on any atom is 0.317 e. The number of likely N-dealkylation sites (tertiary alicyclic amines) is 1. The average Bonchev–Trinajstić information content (AvgIpc) is 2.68. The van der Waals surface area contributed by atoms with Crippen LogP contribution in [-0.2, 0) is 4.74 Å². The molecule has 3 heterocycles. The Labute approximate surface area is 158 Å². The lowest BCUT2D eigenvalue weighted by Crippen LogP contribution is -2.60. The van der Waals surface area contributed by atoms with E-state index in [1.165, 1.54) is 12.3 Å². The van der Waals surface area contributed by atoms with E-state index in [4.69, 9.17) is 4.74 Å². The van der Waals surface area contributed by atoms with Crippen molar-refractivity contribution >= 4 is 11.9 Å². The molecule has 1 aromatic rings. The molecule has 2 aliphatic rings. The highest BCUT2D eigenvalue weighted by Crippen LogP contribution is 2.30. The van der Waals surface area contributed by atoms with Crippen LogP contribution in [0.1, 0.15) is 43.0 Å². The summed E-state index contributed by atoms with van der Waals surface area (Å²) in [6.07, 6.45) is 5.78. The molecule has 0 radical (unpaired) electrons. The van der Waals surface area contributed by atoms with E-state index in [9.17, 15) is 14.0 Å². The number of nitrogens with zero attached hydrogens (tertiary/aromatic N) is 3. The third-order valence-electron chi connectivity index (χ3n) is 5.26. The van der Waals surface area contributed by atoms with E-state index in [1.807, 2.05) is 4.90 Å². The fraction of sp³-hybridized carbons (Fsp3) is 0.632. The first-order chi connectivity index (χ1) is 13.0. The van der Waals surface area contributed by atoms with Gasteiger partial charge in [-0.3, -0.25) is 9.78 Å². The lowest BCUT2D eigenvalue weighted by Gasteiger charge is -2.47. The van der Waals surface area contributed by atoms with Crippen LogP contribution >= 0.6 is 0 Å². The van der Waals surface area contributed by atoms with Crippen molar-refractivity contribution in [2.24, 2.45) is 0 Å². The molecule has 0 saturated carbocycles. The first-order valence-electron chi connectivity index (χ1n) is 9.59. The zero-order valence-corrected chi connectivity index (χ0v) is 15.7. The number of carbonyl (C=O) groups excluding carboxylic acids is 2. The van der Waals surface area contributed by atoms with Gasteiger partial charge in [-0.1, -0.05) is 13.3 Å². The number of hydrogen-bond donors (Lipinski definition) is 1. The first-order valence-corrected chi connectivity index (χ1v) is 9.59. The van der Waals surface area contributed by atoms with Crippen molar-refractivity contribution in [1.29, 1.82) is 0 Å². The van der Waals surface area contributed by atoms with E-state index >= 15 is 0 Å². The Morgan fingerprint density at radius 3 is 2.74 bits per heavy atom. The number of carbonyl (C=O) groups is 2. The van der Waals surface area contributed by atoms with Gasteiger partial charge >= 0.3 is 6.03 Å². The van der Waals surface area contributed by atoms with E-state index in [2.05, 4.69) is 17.2 Å². The molecule has 0 unspecified atom stereocenters. The molecule has 8 heteroatoms. The first kappa shape index (κ1) is 19.5. The van der Waals surface area contributed by atoms with Gasteiger partial charge < -0.3 is 19.9 Å². The monoisotopic (exact) mass is 378 g/mol. The minimum atomic E-state index is -0.519. The summed E-state index contributed by atoms with van der Waals surface area (Å²) in [5.74, 6) is -0.739. The van der Waals surface area contributed by atoms with Crippen LogP contribution in [0.2, 0.25) is 0 Å². The minimum absolute atomic E-state index is 0.0459. The van der Waals surface area contributed by atoms with Crippen LogP contribution in [0.4, 0.5) is 9.18 Å². The second-order valence-corrected chi connectivity index (χ2v) is 7.22. The van der Waals surface area contributed by atoms with Crippen molar-refractivity contribution in [1.82, 2.24) is 20.1 Å². The molecule has 0 aromatic carbocycles. The van der Waals surface area contributed by atoms with Crippen LogP contribution in [0.15, 0.2) is 18.5 Å². The van der Waals surface area contributed by atoms with Gasteiger partial charge in [-0.05, 0) is 25.3 Å². The van der Waals surface area contributed by atoms with Gasteiger partial charge in [0.25, 0.3) is 5.91 Å². The molecule has 0 aliphatic carbocycles. The van der Waals surface area contributed by atoms with Crippen LogP contribution in [0.5, 0.6) is 0 Å². The number of nitrogens with one attached hydrogen (secondary N) is 1. The Balaban J connectivity index is 1.55. The van der Waals surface area contributed by atoms with E-state index in [0.717, 1.165) is 19.0 Å². The highest BCUT2D eigenvalue weighted by molar-refractivity contribution is 5.94. The molecular weight excluding hydrogens is 351 g/mol. The maximum atomic E-state index is 13.3. The quantitative estimate of drug-likeness (QED) is 0.814. The van der Waals surface area contributed by atoms with Crippen molar-refractivity contribution in [3.05, 3.63) is 29.8 Å². The number of unbranched alkanes of at least 4 members (excludes halogenated alkanes) is 1. The molecule has 3 amide bonds. The van der Waals surface area contributed by atoms with Gasteiger partial charge in [0, 0.05) is 32.4 Å². The summed E-state index contributed by atoms with van der Waals surface area (Å²) in [5.41, 5.74) is -0.149. The molecule has 148 valence electrons. The summed E-state index contributed by atoms with van der Waals surface area (Å²) < 4.78 is 19.3. The lowest BCUT2D eigenvalue weighted by molar-refractivity contribution is -0.122. The van der Waals surface area contributed by atoms with Gasteiger partial charge in [0.05, 0.1) is 30.5 Å². The van der Waals surface area contributed by atoms with Gasteiger partial charge in [0.15, 0.2) is 0 Å². The number of ether oxygens (including phenoxy) is 1. The highest BCUT2D eigenvalue weighted by atomic mass is 19.1. The second kappa shape index (κ2) is 8.65. The van der Waals surface area contributed by atoms with E-state index in [1.54, 1.807) is 4.90 Å². The largest absolute Gasteiger partial charge is 0.371 e. The lowest BCUT2D eigenvalue weighted by atomic mass is 9.89. The van der Waals surface area contributed by atoms with Crippen molar-refractivity contribution < 1.29 is 18.7 Å². The van der Waals surface area contributed by atoms with Crippen LogP contribution in [0.25, 0.3) is 0 Å². The topological polar surface area (TPSA) is 74.8 Å². The maximum absolute atomic E-state index is 13.3. The number of piperidine rings is 1. The molecule has 1 spiro atoms. The molecule has 0 bridgehead atoms. The number of morpholine rings is 1. The summed E-state index contributed by atoms with van der Waals surface area (Å²) in [6, 6.07) is 1.16. The van der Waals surface area contributed by atoms with E-state index in [0.29, 0.717) is 52.2 Å². The number of rotatable bonds is 4. The van der Waals surface area contributed by atoms with Crippen LogP contribution in [-0.4, -0.2) is 71.7 Å². The van der Waals surface area contributed by atoms with Gasteiger partial charge in [0.1, 0.15) is 5.82 Å². The third-order valence-corrected chi connectivity index (χ3v) is 5.26. The van der Waals surface area contributed by atoms with Gasteiger partial charge in [-0.15, -0.1) is 0 Å². The third kappa shape index (κ3) is 4.74. The Hall–Kier alpha value is -2.22. The Morgan fingerprint density at radius 1 is 1.26 bits per heavy atom. The number of pyridine rings is 1. The standard InChI is InChI=1S/C19H27FN4O3/c1-2-3-6-22-18(26)24-9-10-27-19(14-24)4-7-23(8-5-19)17(25)15-11-16(20)13-21-12-15/h11-13H,2-10,14H2,1H3,(H,22,26). The number of amides is 3. The molecule has 0 atom stereocenters. The smallest absolute Gasteiger partial charge is 0.317 e. The Kier molecular flexibility index (Phi) is 6.26. The summed E-state index contributed by atoms with van der Waals surface area (Å²) in [6.45, 7) is 5.42. The summed E-state index contributed by atoms with van der Waals surface area (Å²) in [5, 5.41) is 2.95. The minimum Gasteiger partial charge on any atom is -0.371 e. The summed E-state index contributed by atoms with van der Waals surface area (Å²) >= 11 is 0. The summed E-state index contributed by atoms with van der Waals surface area (Å²) in [7, 11) is 0. The second-order valence-electron chi connectivity index (χ2n) is 7.22. The van der Waals surface area contributed by atoms with Crippen molar-refractivity contribution in [3.8, 4) is 0 Å². The Bertz CT molecular complexity index is 677. The Morgan fingerprint density at radius 2 is 2.04 bits per heavy atom. The number of aromatic nitrogens is 1. The molecular formula is C19H27FN4O3. The normalized spacial score (nSPS) is 19.2. The zero-order valence-electron chi connectivity index (χ0n) is 15.7. The summed E-state index contributed by atoms with van der Waals surface area (Å²) in [4.78, 5) is 32.1. The number of urea groups is 1. The van der Waals surface area contributed by atoms with Gasteiger partial charge in [-0.2, -0.15) is 0 Å². The number of halogens is 1. The van der Waals surface area contributed by atoms with Crippen LogP contribution in [0, 0.1) is 5.82 Å². The highest BCUT2D eigenvalue weighted by Gasteiger charge is 2.41. The fourth-order valence-electron chi connectivity index (χ4n) is 3.63. The molecule has 3 rings (SSSR count). The van der Waals surface area contributed by atoms with E-state index < -0.39 is 11.4 Å². The SMILES string of the molecule is CCCCNC(=O)N1CCOC2(CCN(C(=O)c3cncc(F)c3)CC2)C1. The molecule has 2 saturated heterocycles. The molecule has 27 heavy (non-hydrogen) atoms. The van der Waals surface area contributed by atoms with Gasteiger partial charge in [0.2, 0.25) is 0 Å². The van der Waals surface area contributed by atoms with Crippen molar-refractivity contribution in [3.63, 3.8) is 0 Å². The predicted molar refractivity (Wildman–Crippen MR) is 97.9 cm³/mol. The van der Waals surface area contributed by atoms with Crippen LogP contribution < -0.4 is 5.32 Å². The average molecular weight is 378 g/mol. The molecule has 1 aromatic heterocycles. The van der Waals surface area contributed by atoms with Crippen molar-refractivity contribution in [2.45, 2.75) is 38.2 Å². The zero-order chi connectivity index (χ0) is 19.3. The molecule has 1 N–H and O–H groups in total. The van der Waals surface area contributed by atoms with Crippen molar-refractivity contribution in [2.75, 3.05) is 39.3 Å². The van der Waals surface area contributed by atoms with E-state index in [-0.39, 0.29) is 17.5 Å². The fourth-order valence-corrected chi connectivity index (χ4v) is 3.63. The van der Waals surface area contributed by atoms with Gasteiger partial charge in [-0.25, -0.2) is 9.18 Å².